The molecule has 0 radical (unpaired) electrons. The molecule has 1 aromatic heterocycles. The lowest BCUT2D eigenvalue weighted by molar-refractivity contribution is 0.0322. The van der Waals surface area contributed by atoms with Gasteiger partial charge in [0, 0.05) is 36.6 Å². The van der Waals surface area contributed by atoms with Gasteiger partial charge in [-0.2, -0.15) is 0 Å². The summed E-state index contributed by atoms with van der Waals surface area (Å²) in [6.45, 7) is 5.77. The molecule has 0 bridgehead atoms. The molecule has 0 fully saturated rings. The Morgan fingerprint density at radius 1 is 1.13 bits per heavy atom. The highest BCUT2D eigenvalue weighted by atomic mass is 16.5. The normalized spacial score (nSPS) is 11.4. The van der Waals surface area contributed by atoms with Crippen LogP contribution in [0.2, 0.25) is 0 Å². The van der Waals surface area contributed by atoms with Crippen LogP contribution >= 0.6 is 0 Å². The number of ether oxygens (including phenoxy) is 1. The first-order chi connectivity index (χ1) is 11.2. The summed E-state index contributed by atoms with van der Waals surface area (Å²) in [7, 11) is 0. The minimum Gasteiger partial charge on any atom is -0.489 e. The molecule has 0 aliphatic rings. The van der Waals surface area contributed by atoms with Crippen LogP contribution in [0.1, 0.15) is 37.8 Å². The predicted molar refractivity (Wildman–Crippen MR) is 92.2 cm³/mol. The summed E-state index contributed by atoms with van der Waals surface area (Å²) in [5.41, 5.74) is 1.50. The van der Waals surface area contributed by atoms with Crippen LogP contribution < -0.4 is 10.1 Å². The molecule has 2 N–H and O–H groups in total. The number of benzene rings is 1. The van der Waals surface area contributed by atoms with Gasteiger partial charge in [0.2, 0.25) is 0 Å². The van der Waals surface area contributed by atoms with Crippen LogP contribution in [0, 0.1) is 0 Å². The quantitative estimate of drug-likeness (QED) is 0.745. The summed E-state index contributed by atoms with van der Waals surface area (Å²) in [5.74, 6) is 0.861. The van der Waals surface area contributed by atoms with Crippen LogP contribution in [0.4, 0.5) is 0 Å². The average molecular weight is 314 g/mol. The van der Waals surface area contributed by atoms with Crippen molar-refractivity contribution < 1.29 is 9.84 Å². The first-order valence-corrected chi connectivity index (χ1v) is 8.19. The number of rotatable bonds is 9. The number of aromatic nitrogens is 1. The van der Waals surface area contributed by atoms with Gasteiger partial charge in [0.25, 0.3) is 0 Å². The lowest BCUT2D eigenvalue weighted by atomic mass is 9.97. The fourth-order valence-electron chi connectivity index (χ4n) is 2.37. The minimum atomic E-state index is -0.633. The zero-order valence-electron chi connectivity index (χ0n) is 14.0. The second-order valence-corrected chi connectivity index (χ2v) is 5.79. The van der Waals surface area contributed by atoms with Crippen molar-refractivity contribution in [3.63, 3.8) is 0 Å². The van der Waals surface area contributed by atoms with Crippen molar-refractivity contribution in [3.05, 3.63) is 59.9 Å². The molecule has 0 spiro atoms. The topological polar surface area (TPSA) is 54.4 Å². The number of nitrogens with one attached hydrogen (secondary N) is 1. The molecule has 0 aliphatic carbocycles. The van der Waals surface area contributed by atoms with Gasteiger partial charge < -0.3 is 15.2 Å². The van der Waals surface area contributed by atoms with E-state index in [1.54, 1.807) is 6.20 Å². The van der Waals surface area contributed by atoms with Crippen LogP contribution in [0.15, 0.2) is 48.8 Å². The Morgan fingerprint density at radius 2 is 1.91 bits per heavy atom. The Morgan fingerprint density at radius 3 is 2.61 bits per heavy atom. The molecule has 23 heavy (non-hydrogen) atoms. The van der Waals surface area contributed by atoms with Crippen molar-refractivity contribution in [2.24, 2.45) is 0 Å². The number of para-hydroxylation sites is 1. The maximum Gasteiger partial charge on any atom is 0.124 e. The summed E-state index contributed by atoms with van der Waals surface area (Å²) in [6.07, 6.45) is 5.05. The Kier molecular flexibility index (Phi) is 6.56. The molecule has 0 amide bonds. The van der Waals surface area contributed by atoms with Crippen LogP contribution in [0.3, 0.4) is 0 Å². The van der Waals surface area contributed by atoms with Crippen LogP contribution in [0.25, 0.3) is 0 Å². The van der Waals surface area contributed by atoms with E-state index in [9.17, 15) is 5.11 Å². The molecule has 0 unspecified atom stereocenters. The molecule has 4 heteroatoms. The van der Waals surface area contributed by atoms with Crippen LogP contribution in [-0.2, 0) is 13.2 Å². The number of nitrogens with zero attached hydrogens (tertiary/aromatic N) is 1. The first kappa shape index (κ1) is 17.4. The van der Waals surface area contributed by atoms with Crippen molar-refractivity contribution >= 4 is 0 Å². The molecular formula is C19H26N2O2. The van der Waals surface area contributed by atoms with E-state index in [2.05, 4.69) is 10.3 Å². The highest BCUT2D eigenvalue weighted by Gasteiger charge is 2.21. The van der Waals surface area contributed by atoms with E-state index in [1.165, 1.54) is 0 Å². The van der Waals surface area contributed by atoms with Gasteiger partial charge in [0.05, 0.1) is 5.60 Å². The molecule has 4 nitrogen and oxygen atoms in total. The molecule has 0 atom stereocenters. The highest BCUT2D eigenvalue weighted by molar-refractivity contribution is 5.33. The molecule has 0 saturated heterocycles. The van der Waals surface area contributed by atoms with Gasteiger partial charge in [-0.05, 0) is 25.0 Å². The number of pyridine rings is 1. The Bertz CT molecular complexity index is 583. The van der Waals surface area contributed by atoms with Crippen LogP contribution in [-0.4, -0.2) is 22.2 Å². The minimum absolute atomic E-state index is 0.499. The van der Waals surface area contributed by atoms with Crippen molar-refractivity contribution in [2.45, 2.75) is 45.4 Å². The van der Waals surface area contributed by atoms with Gasteiger partial charge in [-0.15, -0.1) is 0 Å². The third-order valence-corrected chi connectivity index (χ3v) is 4.18. The predicted octanol–water partition coefficient (Wildman–Crippen LogP) is 3.30. The Balaban J connectivity index is 1.92. The Labute approximate surface area is 138 Å². The van der Waals surface area contributed by atoms with Gasteiger partial charge in [-0.3, -0.25) is 4.98 Å². The van der Waals surface area contributed by atoms with E-state index in [4.69, 9.17) is 4.74 Å². The van der Waals surface area contributed by atoms with E-state index < -0.39 is 5.60 Å². The lowest BCUT2D eigenvalue weighted by Crippen LogP contribution is -2.39. The second-order valence-electron chi connectivity index (χ2n) is 5.79. The van der Waals surface area contributed by atoms with E-state index in [0.717, 1.165) is 29.7 Å². The van der Waals surface area contributed by atoms with E-state index in [-0.39, 0.29) is 0 Å². The van der Waals surface area contributed by atoms with Crippen molar-refractivity contribution in [3.8, 4) is 5.75 Å². The van der Waals surface area contributed by atoms with Gasteiger partial charge in [0.1, 0.15) is 12.4 Å². The third kappa shape index (κ3) is 5.34. The van der Waals surface area contributed by atoms with Gasteiger partial charge in [-0.25, -0.2) is 0 Å². The maximum atomic E-state index is 10.3. The monoisotopic (exact) mass is 314 g/mol. The second kappa shape index (κ2) is 8.65. The van der Waals surface area contributed by atoms with Crippen LogP contribution in [0.5, 0.6) is 5.75 Å². The Hall–Kier alpha value is -1.91. The highest BCUT2D eigenvalue weighted by Crippen LogP contribution is 2.20. The van der Waals surface area contributed by atoms with E-state index in [0.29, 0.717) is 19.7 Å². The van der Waals surface area contributed by atoms with Crippen molar-refractivity contribution in [1.29, 1.82) is 0 Å². The smallest absolute Gasteiger partial charge is 0.124 e. The summed E-state index contributed by atoms with van der Waals surface area (Å²) in [4.78, 5) is 4.09. The van der Waals surface area contributed by atoms with Gasteiger partial charge in [-0.1, -0.05) is 38.1 Å². The number of aliphatic hydroxyl groups is 1. The summed E-state index contributed by atoms with van der Waals surface area (Å²) in [5, 5.41) is 13.7. The fourth-order valence-corrected chi connectivity index (χ4v) is 2.37. The molecule has 124 valence electrons. The average Bonchev–Trinajstić information content (AvgIpc) is 2.61. The van der Waals surface area contributed by atoms with Gasteiger partial charge in [0.15, 0.2) is 0 Å². The third-order valence-electron chi connectivity index (χ3n) is 4.18. The standard InChI is InChI=1S/C19H26N2O2/c1-3-19(22,4-2)15-21-13-17-9-5-6-10-18(17)23-14-16-8-7-11-20-12-16/h5-12,21-22H,3-4,13-15H2,1-2H3. The molecule has 2 aromatic rings. The number of hydrogen-bond donors (Lipinski definition) is 2. The van der Waals surface area contributed by atoms with Gasteiger partial charge >= 0.3 is 0 Å². The summed E-state index contributed by atoms with van der Waals surface area (Å²) in [6, 6.07) is 11.9. The SMILES string of the molecule is CCC(O)(CC)CNCc1ccccc1OCc1cccnc1. The lowest BCUT2D eigenvalue weighted by Gasteiger charge is -2.25. The van der Waals surface area contributed by atoms with Crippen molar-refractivity contribution in [1.82, 2.24) is 10.3 Å². The summed E-state index contributed by atoms with van der Waals surface area (Å²) >= 11 is 0. The molecule has 1 aromatic carbocycles. The van der Waals surface area contributed by atoms with Crippen molar-refractivity contribution in [2.75, 3.05) is 6.54 Å². The maximum absolute atomic E-state index is 10.3. The molecule has 2 rings (SSSR count). The number of hydrogen-bond acceptors (Lipinski definition) is 4. The molecule has 0 saturated carbocycles. The zero-order chi connectivity index (χ0) is 16.5. The fraction of sp³-hybridized carbons (Fsp3) is 0.421. The first-order valence-electron chi connectivity index (χ1n) is 8.19. The molecular weight excluding hydrogens is 288 g/mol. The molecule has 1 heterocycles. The van der Waals surface area contributed by atoms with E-state index in [1.807, 2.05) is 56.4 Å². The largest absolute Gasteiger partial charge is 0.489 e. The van der Waals surface area contributed by atoms with E-state index >= 15 is 0 Å². The zero-order valence-corrected chi connectivity index (χ0v) is 14.0. The summed E-state index contributed by atoms with van der Waals surface area (Å²) < 4.78 is 5.92. The molecule has 0 aliphatic heterocycles.